The van der Waals surface area contributed by atoms with Crippen LogP contribution in [0, 0.1) is 6.92 Å². The van der Waals surface area contributed by atoms with Crippen LogP contribution < -0.4 is 11.2 Å². The quantitative estimate of drug-likeness (QED) is 0.889. The lowest BCUT2D eigenvalue weighted by molar-refractivity contribution is 0.0998. The van der Waals surface area contributed by atoms with E-state index in [-0.39, 0.29) is 17.0 Å². The van der Waals surface area contributed by atoms with E-state index >= 15 is 0 Å². The Balaban J connectivity index is 3.60. The Hall–Kier alpha value is -1.10. The molecule has 0 aliphatic rings. The molecule has 0 saturated carbocycles. The Kier molecular flexibility index (Phi) is 3.34. The fourth-order valence-electron chi connectivity index (χ4n) is 1.40. The number of aromatic nitrogens is 1. The van der Waals surface area contributed by atoms with Gasteiger partial charge in [0.05, 0.1) is 4.47 Å². The van der Waals surface area contributed by atoms with Gasteiger partial charge in [-0.3, -0.25) is 9.59 Å². The van der Waals surface area contributed by atoms with Gasteiger partial charge in [-0.2, -0.15) is 0 Å². The lowest BCUT2D eigenvalue weighted by Gasteiger charge is -2.16. The van der Waals surface area contributed by atoms with Crippen molar-refractivity contribution in [2.45, 2.75) is 26.8 Å². The normalized spacial score (nSPS) is 10.7. The van der Waals surface area contributed by atoms with Crippen molar-refractivity contribution >= 4 is 21.8 Å². The Bertz CT molecular complexity index is 463. The second kappa shape index (κ2) is 4.18. The monoisotopic (exact) mass is 272 g/mol. The number of halogens is 1. The second-order valence-electron chi connectivity index (χ2n) is 3.64. The van der Waals surface area contributed by atoms with Gasteiger partial charge in [-0.15, -0.1) is 0 Å². The van der Waals surface area contributed by atoms with Crippen molar-refractivity contribution in [1.82, 2.24) is 4.57 Å². The highest BCUT2D eigenvalue weighted by atomic mass is 79.9. The molecule has 15 heavy (non-hydrogen) atoms. The van der Waals surface area contributed by atoms with Gasteiger partial charge < -0.3 is 10.3 Å². The van der Waals surface area contributed by atoms with Crippen LogP contribution in [-0.4, -0.2) is 10.5 Å². The van der Waals surface area contributed by atoms with Crippen LogP contribution in [0.5, 0.6) is 0 Å². The molecule has 0 radical (unpaired) electrons. The Morgan fingerprint density at radius 1 is 1.53 bits per heavy atom. The SMILES string of the molecule is Cc1c(Br)c(=O)c(C(N)=O)cn1C(C)C. The lowest BCUT2D eigenvalue weighted by atomic mass is 10.2. The highest BCUT2D eigenvalue weighted by Gasteiger charge is 2.15. The zero-order chi connectivity index (χ0) is 11.7. The number of carbonyl (C=O) groups excluding carboxylic acids is 1. The van der Waals surface area contributed by atoms with Crippen LogP contribution in [0.4, 0.5) is 0 Å². The molecule has 0 fully saturated rings. The first-order chi connectivity index (χ1) is 6.86. The lowest BCUT2D eigenvalue weighted by Crippen LogP contribution is -2.26. The van der Waals surface area contributed by atoms with Gasteiger partial charge in [-0.25, -0.2) is 0 Å². The van der Waals surface area contributed by atoms with Crippen LogP contribution in [0.3, 0.4) is 0 Å². The molecular formula is C10H13BrN2O2. The number of pyridine rings is 1. The summed E-state index contributed by atoms with van der Waals surface area (Å²) >= 11 is 3.18. The Labute approximate surface area is 96.2 Å². The summed E-state index contributed by atoms with van der Waals surface area (Å²) in [6.45, 7) is 5.75. The minimum Gasteiger partial charge on any atom is -0.365 e. The predicted molar refractivity (Wildman–Crippen MR) is 62.0 cm³/mol. The average molecular weight is 273 g/mol. The van der Waals surface area contributed by atoms with Crippen LogP contribution in [0.1, 0.15) is 35.9 Å². The van der Waals surface area contributed by atoms with Gasteiger partial charge in [0.25, 0.3) is 5.91 Å². The van der Waals surface area contributed by atoms with Gasteiger partial charge in [-0.05, 0) is 36.7 Å². The third-order valence-corrected chi connectivity index (χ3v) is 3.17. The van der Waals surface area contributed by atoms with E-state index in [2.05, 4.69) is 15.9 Å². The van der Waals surface area contributed by atoms with E-state index in [0.717, 1.165) is 5.69 Å². The summed E-state index contributed by atoms with van der Waals surface area (Å²) in [6.07, 6.45) is 1.51. The average Bonchev–Trinajstić information content (AvgIpc) is 2.13. The van der Waals surface area contributed by atoms with Crippen LogP contribution in [-0.2, 0) is 0 Å². The molecule has 1 heterocycles. The van der Waals surface area contributed by atoms with Crippen molar-refractivity contribution in [2.75, 3.05) is 0 Å². The molecule has 1 aromatic heterocycles. The zero-order valence-corrected chi connectivity index (χ0v) is 10.5. The molecule has 0 atom stereocenters. The predicted octanol–water partition coefficient (Wildman–Crippen LogP) is 1.60. The molecule has 0 aliphatic carbocycles. The summed E-state index contributed by atoms with van der Waals surface area (Å²) in [6, 6.07) is 0.167. The van der Waals surface area contributed by atoms with E-state index < -0.39 is 5.91 Å². The van der Waals surface area contributed by atoms with Crippen molar-refractivity contribution in [3.05, 3.63) is 32.2 Å². The van der Waals surface area contributed by atoms with E-state index in [9.17, 15) is 9.59 Å². The molecule has 5 heteroatoms. The number of hydrogen-bond acceptors (Lipinski definition) is 2. The Morgan fingerprint density at radius 2 is 2.07 bits per heavy atom. The summed E-state index contributed by atoms with van der Waals surface area (Å²) < 4.78 is 2.23. The smallest absolute Gasteiger partial charge is 0.254 e. The maximum Gasteiger partial charge on any atom is 0.254 e. The number of primary amides is 1. The van der Waals surface area contributed by atoms with Crippen molar-refractivity contribution in [2.24, 2.45) is 5.73 Å². The summed E-state index contributed by atoms with van der Waals surface area (Å²) in [5.41, 5.74) is 5.59. The molecule has 1 aromatic rings. The first-order valence-corrected chi connectivity index (χ1v) is 5.36. The molecule has 0 saturated heterocycles. The summed E-state index contributed by atoms with van der Waals surface area (Å²) in [4.78, 5) is 22.7. The molecule has 0 aromatic carbocycles. The minimum absolute atomic E-state index is 0.0150. The van der Waals surface area contributed by atoms with E-state index in [0.29, 0.717) is 4.47 Å². The van der Waals surface area contributed by atoms with E-state index in [1.807, 2.05) is 25.3 Å². The molecule has 0 aliphatic heterocycles. The van der Waals surface area contributed by atoms with Gasteiger partial charge in [-0.1, -0.05) is 0 Å². The van der Waals surface area contributed by atoms with Crippen LogP contribution in [0.25, 0.3) is 0 Å². The number of nitrogens with zero attached hydrogens (tertiary/aromatic N) is 1. The molecule has 82 valence electrons. The van der Waals surface area contributed by atoms with Gasteiger partial charge in [0.2, 0.25) is 5.43 Å². The van der Waals surface area contributed by atoms with Crippen LogP contribution >= 0.6 is 15.9 Å². The first kappa shape index (κ1) is 12.0. The van der Waals surface area contributed by atoms with Crippen LogP contribution in [0.15, 0.2) is 15.5 Å². The maximum absolute atomic E-state index is 11.6. The zero-order valence-electron chi connectivity index (χ0n) is 8.87. The highest BCUT2D eigenvalue weighted by molar-refractivity contribution is 9.10. The molecule has 1 rings (SSSR count). The summed E-state index contributed by atoms with van der Waals surface area (Å²) in [5, 5.41) is 0. The number of carbonyl (C=O) groups is 1. The van der Waals surface area contributed by atoms with Gasteiger partial charge in [0, 0.05) is 17.9 Å². The largest absolute Gasteiger partial charge is 0.365 e. The van der Waals surface area contributed by atoms with Gasteiger partial charge in [0.1, 0.15) is 5.56 Å². The van der Waals surface area contributed by atoms with Crippen molar-refractivity contribution in [1.29, 1.82) is 0 Å². The standard InChI is InChI=1S/C10H13BrN2O2/c1-5(2)13-4-7(10(12)15)9(14)8(11)6(13)3/h4-5H,1-3H3,(H2,12,15). The maximum atomic E-state index is 11.6. The van der Waals surface area contributed by atoms with Crippen molar-refractivity contribution in [3.8, 4) is 0 Å². The number of nitrogens with two attached hydrogens (primary N) is 1. The van der Waals surface area contributed by atoms with Crippen molar-refractivity contribution < 1.29 is 4.79 Å². The number of amides is 1. The van der Waals surface area contributed by atoms with E-state index in [4.69, 9.17) is 5.73 Å². The number of hydrogen-bond donors (Lipinski definition) is 1. The first-order valence-electron chi connectivity index (χ1n) is 4.57. The fraction of sp³-hybridized carbons (Fsp3) is 0.400. The van der Waals surface area contributed by atoms with E-state index in [1.54, 1.807) is 0 Å². The molecule has 0 unspecified atom stereocenters. The molecule has 0 bridgehead atoms. The molecular weight excluding hydrogens is 260 g/mol. The van der Waals surface area contributed by atoms with Crippen LogP contribution in [0.2, 0.25) is 0 Å². The van der Waals surface area contributed by atoms with E-state index in [1.165, 1.54) is 6.20 Å². The molecule has 4 nitrogen and oxygen atoms in total. The minimum atomic E-state index is -0.699. The molecule has 1 amide bonds. The topological polar surface area (TPSA) is 65.1 Å². The second-order valence-corrected chi connectivity index (χ2v) is 4.43. The third kappa shape index (κ3) is 2.12. The summed E-state index contributed by atoms with van der Waals surface area (Å²) in [7, 11) is 0. The Morgan fingerprint density at radius 3 is 2.47 bits per heavy atom. The molecule has 0 spiro atoms. The third-order valence-electron chi connectivity index (χ3n) is 2.24. The summed E-state index contributed by atoms with van der Waals surface area (Å²) in [5.74, 6) is -0.699. The fourth-order valence-corrected chi connectivity index (χ4v) is 1.82. The molecule has 2 N–H and O–H groups in total. The van der Waals surface area contributed by atoms with Gasteiger partial charge >= 0.3 is 0 Å². The highest BCUT2D eigenvalue weighted by Crippen LogP contribution is 2.16. The number of rotatable bonds is 2. The van der Waals surface area contributed by atoms with Gasteiger partial charge in [0.15, 0.2) is 0 Å². The van der Waals surface area contributed by atoms with Crippen molar-refractivity contribution in [3.63, 3.8) is 0 Å².